The summed E-state index contributed by atoms with van der Waals surface area (Å²) in [5.74, 6) is -0.311. The summed E-state index contributed by atoms with van der Waals surface area (Å²) in [5, 5.41) is 4.59. The Morgan fingerprint density at radius 2 is 2.25 bits per heavy atom. The van der Waals surface area contributed by atoms with Gasteiger partial charge in [-0.2, -0.15) is 5.10 Å². The van der Waals surface area contributed by atoms with Gasteiger partial charge in [0.1, 0.15) is 5.82 Å². The van der Waals surface area contributed by atoms with Gasteiger partial charge in [0, 0.05) is 12.2 Å². The average Bonchev–Trinajstić information content (AvgIpc) is 2.64. The Morgan fingerprint density at radius 1 is 1.50 bits per heavy atom. The first kappa shape index (κ1) is 11.1. The number of rotatable bonds is 2. The van der Waals surface area contributed by atoms with Crippen LogP contribution < -0.4 is 5.73 Å². The zero-order chi connectivity index (χ0) is 11.7. The normalized spacial score (nSPS) is 12.8. The van der Waals surface area contributed by atoms with Gasteiger partial charge in [0.25, 0.3) is 0 Å². The number of nitrogens with two attached hydrogens (primary N) is 1. The molecular formula is C11H11ClFN3. The van der Waals surface area contributed by atoms with Crippen molar-refractivity contribution in [1.29, 1.82) is 0 Å². The smallest absolute Gasteiger partial charge is 0.123 e. The maximum absolute atomic E-state index is 13.1. The zero-order valence-corrected chi connectivity index (χ0v) is 9.45. The largest absolute Gasteiger partial charge is 0.324 e. The maximum Gasteiger partial charge on any atom is 0.123 e. The fraction of sp³-hybridized carbons (Fsp3) is 0.182. The molecule has 0 fully saturated rings. The SMILES string of the molecule is C[C@H](N)c1cc(F)ccc1-n1cc(Cl)cn1. The van der Waals surface area contributed by atoms with E-state index in [2.05, 4.69) is 5.10 Å². The molecule has 3 nitrogen and oxygen atoms in total. The molecule has 5 heteroatoms. The average molecular weight is 240 g/mol. The first-order valence-electron chi connectivity index (χ1n) is 4.83. The lowest BCUT2D eigenvalue weighted by Crippen LogP contribution is -2.10. The third-order valence-corrected chi connectivity index (χ3v) is 2.47. The minimum absolute atomic E-state index is 0.270. The van der Waals surface area contributed by atoms with Crippen LogP contribution in [0.25, 0.3) is 5.69 Å². The van der Waals surface area contributed by atoms with Gasteiger partial charge in [-0.05, 0) is 30.7 Å². The first-order chi connectivity index (χ1) is 7.58. The van der Waals surface area contributed by atoms with E-state index in [4.69, 9.17) is 17.3 Å². The topological polar surface area (TPSA) is 43.8 Å². The number of halogens is 2. The van der Waals surface area contributed by atoms with E-state index in [-0.39, 0.29) is 11.9 Å². The summed E-state index contributed by atoms with van der Waals surface area (Å²) in [6.45, 7) is 1.80. The van der Waals surface area contributed by atoms with E-state index in [0.717, 1.165) is 5.69 Å². The van der Waals surface area contributed by atoms with Crippen molar-refractivity contribution in [3.05, 3.63) is 47.0 Å². The van der Waals surface area contributed by atoms with Crippen molar-refractivity contribution in [1.82, 2.24) is 9.78 Å². The molecule has 1 aromatic carbocycles. The molecule has 0 spiro atoms. The van der Waals surface area contributed by atoms with E-state index in [1.54, 1.807) is 23.9 Å². The lowest BCUT2D eigenvalue weighted by atomic mass is 10.1. The molecule has 1 aromatic heterocycles. The van der Waals surface area contributed by atoms with E-state index >= 15 is 0 Å². The Bertz CT molecular complexity index is 508. The highest BCUT2D eigenvalue weighted by Crippen LogP contribution is 2.22. The number of benzene rings is 1. The predicted molar refractivity (Wildman–Crippen MR) is 61.1 cm³/mol. The minimum atomic E-state index is -0.311. The second kappa shape index (κ2) is 4.23. The van der Waals surface area contributed by atoms with Crippen LogP contribution in [-0.2, 0) is 0 Å². The fourth-order valence-electron chi connectivity index (χ4n) is 1.53. The first-order valence-corrected chi connectivity index (χ1v) is 5.21. The molecular weight excluding hydrogens is 229 g/mol. The Kier molecular flexibility index (Phi) is 2.94. The molecule has 0 radical (unpaired) electrons. The van der Waals surface area contributed by atoms with Crippen molar-refractivity contribution in [3.8, 4) is 5.69 Å². The summed E-state index contributed by atoms with van der Waals surface area (Å²) in [6.07, 6.45) is 3.18. The van der Waals surface area contributed by atoms with Crippen molar-refractivity contribution in [2.45, 2.75) is 13.0 Å². The highest BCUT2D eigenvalue weighted by Gasteiger charge is 2.10. The van der Waals surface area contributed by atoms with Crippen molar-refractivity contribution >= 4 is 11.6 Å². The van der Waals surface area contributed by atoms with Gasteiger partial charge in [0.15, 0.2) is 0 Å². The quantitative estimate of drug-likeness (QED) is 0.876. The van der Waals surface area contributed by atoms with Crippen LogP contribution in [0.4, 0.5) is 4.39 Å². The molecule has 0 aliphatic heterocycles. The number of nitrogens with zero attached hydrogens (tertiary/aromatic N) is 2. The molecule has 84 valence electrons. The van der Waals surface area contributed by atoms with E-state index in [0.29, 0.717) is 10.6 Å². The number of aromatic nitrogens is 2. The third kappa shape index (κ3) is 2.08. The third-order valence-electron chi connectivity index (χ3n) is 2.28. The number of hydrogen-bond acceptors (Lipinski definition) is 2. The van der Waals surface area contributed by atoms with Crippen molar-refractivity contribution in [3.63, 3.8) is 0 Å². The molecule has 0 aliphatic rings. The van der Waals surface area contributed by atoms with Gasteiger partial charge in [0.05, 0.1) is 16.9 Å². The molecule has 1 heterocycles. The molecule has 0 amide bonds. The van der Waals surface area contributed by atoms with Gasteiger partial charge in [0.2, 0.25) is 0 Å². The summed E-state index contributed by atoms with van der Waals surface area (Å²) in [5.41, 5.74) is 7.22. The minimum Gasteiger partial charge on any atom is -0.324 e. The Morgan fingerprint density at radius 3 is 2.81 bits per heavy atom. The van der Waals surface area contributed by atoms with Crippen molar-refractivity contribution < 1.29 is 4.39 Å². The van der Waals surface area contributed by atoms with Crippen LogP contribution in [0, 0.1) is 5.82 Å². The highest BCUT2D eigenvalue weighted by atomic mass is 35.5. The molecule has 0 saturated carbocycles. The zero-order valence-electron chi connectivity index (χ0n) is 8.69. The lowest BCUT2D eigenvalue weighted by Gasteiger charge is -2.12. The Hall–Kier alpha value is -1.39. The molecule has 0 aliphatic carbocycles. The molecule has 0 bridgehead atoms. The molecule has 2 N–H and O–H groups in total. The molecule has 16 heavy (non-hydrogen) atoms. The Labute approximate surface area is 97.6 Å². The molecule has 1 atom stereocenters. The summed E-state index contributed by atoms with van der Waals surface area (Å²) < 4.78 is 14.7. The summed E-state index contributed by atoms with van der Waals surface area (Å²) in [7, 11) is 0. The summed E-state index contributed by atoms with van der Waals surface area (Å²) in [4.78, 5) is 0. The van der Waals surface area contributed by atoms with E-state index in [1.165, 1.54) is 18.3 Å². The van der Waals surface area contributed by atoms with Crippen LogP contribution in [0.5, 0.6) is 0 Å². The van der Waals surface area contributed by atoms with Crippen LogP contribution in [0.1, 0.15) is 18.5 Å². The second-order valence-corrected chi connectivity index (χ2v) is 4.03. The van der Waals surface area contributed by atoms with Crippen LogP contribution in [0.15, 0.2) is 30.6 Å². The summed E-state index contributed by atoms with van der Waals surface area (Å²) in [6, 6.07) is 4.15. The lowest BCUT2D eigenvalue weighted by molar-refractivity contribution is 0.620. The van der Waals surface area contributed by atoms with Gasteiger partial charge in [-0.3, -0.25) is 0 Å². The van der Waals surface area contributed by atoms with Crippen LogP contribution in [0.3, 0.4) is 0 Å². The van der Waals surface area contributed by atoms with Gasteiger partial charge in [-0.1, -0.05) is 11.6 Å². The molecule has 0 saturated heterocycles. The van der Waals surface area contributed by atoms with Gasteiger partial charge >= 0.3 is 0 Å². The summed E-state index contributed by atoms with van der Waals surface area (Å²) >= 11 is 5.78. The van der Waals surface area contributed by atoms with Crippen LogP contribution in [0.2, 0.25) is 5.02 Å². The van der Waals surface area contributed by atoms with E-state index in [1.807, 2.05) is 0 Å². The van der Waals surface area contributed by atoms with Gasteiger partial charge in [-0.25, -0.2) is 9.07 Å². The standard InChI is InChI=1S/C11H11ClFN3/c1-7(14)10-4-9(13)2-3-11(10)16-6-8(12)5-15-16/h2-7H,14H2,1H3/t7-/m0/s1. The fourth-order valence-corrected chi connectivity index (χ4v) is 1.67. The molecule has 0 unspecified atom stereocenters. The van der Waals surface area contributed by atoms with Crippen molar-refractivity contribution in [2.24, 2.45) is 5.73 Å². The van der Waals surface area contributed by atoms with Crippen LogP contribution >= 0.6 is 11.6 Å². The number of hydrogen-bond donors (Lipinski definition) is 1. The van der Waals surface area contributed by atoms with Crippen molar-refractivity contribution in [2.75, 3.05) is 0 Å². The molecule has 2 aromatic rings. The monoisotopic (exact) mass is 239 g/mol. The Balaban J connectivity index is 2.56. The van der Waals surface area contributed by atoms with Gasteiger partial charge < -0.3 is 5.73 Å². The highest BCUT2D eigenvalue weighted by molar-refractivity contribution is 6.30. The molecule has 2 rings (SSSR count). The van der Waals surface area contributed by atoms with Crippen LogP contribution in [-0.4, -0.2) is 9.78 Å². The second-order valence-electron chi connectivity index (χ2n) is 3.59. The van der Waals surface area contributed by atoms with E-state index in [9.17, 15) is 4.39 Å². The maximum atomic E-state index is 13.1. The predicted octanol–water partition coefficient (Wildman–Crippen LogP) is 2.68. The van der Waals surface area contributed by atoms with E-state index < -0.39 is 0 Å². The van der Waals surface area contributed by atoms with Gasteiger partial charge in [-0.15, -0.1) is 0 Å².